The predicted octanol–water partition coefficient (Wildman–Crippen LogP) is 4.35. The smallest absolute Gasteiger partial charge is 0.277 e. The number of hydrogen-bond acceptors (Lipinski definition) is 4. The highest BCUT2D eigenvalue weighted by atomic mass is 32.1. The SMILES string of the molecule is Cc1cccc2sc(NC(=O)c3cc(C)n(-c4ccccc4)n3)nc12. The summed E-state index contributed by atoms with van der Waals surface area (Å²) in [4.78, 5) is 17.1. The number of para-hydroxylation sites is 2. The minimum Gasteiger partial charge on any atom is -0.296 e. The maximum atomic E-state index is 12.6. The molecule has 0 radical (unpaired) electrons. The van der Waals surface area contributed by atoms with Gasteiger partial charge in [0.15, 0.2) is 10.8 Å². The molecule has 0 aliphatic rings. The summed E-state index contributed by atoms with van der Waals surface area (Å²) in [5.41, 5.74) is 4.22. The van der Waals surface area contributed by atoms with Crippen LogP contribution >= 0.6 is 11.3 Å². The van der Waals surface area contributed by atoms with Crippen molar-refractivity contribution in [3.05, 3.63) is 71.5 Å². The van der Waals surface area contributed by atoms with Crippen molar-refractivity contribution in [3.8, 4) is 5.69 Å². The summed E-state index contributed by atoms with van der Waals surface area (Å²) in [5, 5.41) is 7.87. The largest absolute Gasteiger partial charge is 0.296 e. The fraction of sp³-hybridized carbons (Fsp3) is 0.105. The lowest BCUT2D eigenvalue weighted by Crippen LogP contribution is -2.13. The van der Waals surface area contributed by atoms with Crippen LogP contribution in [0, 0.1) is 13.8 Å². The Hall–Kier alpha value is -2.99. The number of rotatable bonds is 3. The first kappa shape index (κ1) is 15.5. The van der Waals surface area contributed by atoms with Crippen molar-refractivity contribution >= 4 is 32.6 Å². The van der Waals surface area contributed by atoms with Crippen molar-refractivity contribution < 1.29 is 4.79 Å². The molecule has 0 atom stereocenters. The van der Waals surface area contributed by atoms with Crippen LogP contribution in [-0.2, 0) is 0 Å². The van der Waals surface area contributed by atoms with E-state index in [1.807, 2.05) is 62.4 Å². The standard InChI is InChI=1S/C19H16N4OS/c1-12-7-6-10-16-17(12)20-19(25-16)21-18(24)15-11-13(2)23(22-15)14-8-4-3-5-9-14/h3-11H,1-2H3,(H,20,21,24). The molecule has 0 saturated heterocycles. The van der Waals surface area contributed by atoms with Crippen LogP contribution < -0.4 is 5.32 Å². The van der Waals surface area contributed by atoms with Crippen LogP contribution in [0.1, 0.15) is 21.7 Å². The van der Waals surface area contributed by atoms with Gasteiger partial charge in [-0.25, -0.2) is 9.67 Å². The lowest BCUT2D eigenvalue weighted by Gasteiger charge is -2.02. The van der Waals surface area contributed by atoms with Crippen LogP contribution in [0.3, 0.4) is 0 Å². The molecule has 5 nitrogen and oxygen atoms in total. The Labute approximate surface area is 149 Å². The van der Waals surface area contributed by atoms with E-state index in [4.69, 9.17) is 0 Å². The summed E-state index contributed by atoms with van der Waals surface area (Å²) in [5.74, 6) is -0.255. The average molecular weight is 348 g/mol. The Morgan fingerprint density at radius 3 is 2.64 bits per heavy atom. The van der Waals surface area contributed by atoms with Crippen LogP contribution in [0.5, 0.6) is 0 Å². The number of amides is 1. The molecule has 0 bridgehead atoms. The summed E-state index contributed by atoms with van der Waals surface area (Å²) < 4.78 is 2.82. The molecule has 6 heteroatoms. The molecule has 0 unspecified atom stereocenters. The highest BCUT2D eigenvalue weighted by molar-refractivity contribution is 7.22. The van der Waals surface area contributed by atoms with E-state index in [0.29, 0.717) is 10.8 Å². The topological polar surface area (TPSA) is 59.8 Å². The molecule has 1 amide bonds. The summed E-state index contributed by atoms with van der Waals surface area (Å²) >= 11 is 1.46. The molecule has 124 valence electrons. The quantitative estimate of drug-likeness (QED) is 0.599. The van der Waals surface area contributed by atoms with Crippen LogP contribution in [0.4, 0.5) is 5.13 Å². The second-order valence-electron chi connectivity index (χ2n) is 5.81. The molecule has 0 saturated carbocycles. The summed E-state index contributed by atoms with van der Waals surface area (Å²) in [6.45, 7) is 3.94. The molecule has 2 aromatic carbocycles. The molecular formula is C19H16N4OS. The minimum absolute atomic E-state index is 0.255. The number of aryl methyl sites for hydroxylation is 2. The first-order valence-electron chi connectivity index (χ1n) is 7.91. The van der Waals surface area contributed by atoms with E-state index in [1.54, 1.807) is 10.7 Å². The van der Waals surface area contributed by atoms with Gasteiger partial charge in [0.05, 0.1) is 15.9 Å². The number of aromatic nitrogens is 3. The molecule has 4 rings (SSSR count). The first-order chi connectivity index (χ1) is 12.1. The molecule has 2 heterocycles. The summed E-state index contributed by atoms with van der Waals surface area (Å²) in [7, 11) is 0. The third-order valence-corrected chi connectivity index (χ3v) is 4.90. The zero-order chi connectivity index (χ0) is 17.4. The number of fused-ring (bicyclic) bond motifs is 1. The van der Waals surface area contributed by atoms with Gasteiger partial charge < -0.3 is 0 Å². The van der Waals surface area contributed by atoms with Crippen molar-refractivity contribution in [3.63, 3.8) is 0 Å². The van der Waals surface area contributed by atoms with E-state index < -0.39 is 0 Å². The van der Waals surface area contributed by atoms with Gasteiger partial charge in [-0.3, -0.25) is 10.1 Å². The number of nitrogens with one attached hydrogen (secondary N) is 1. The Morgan fingerprint density at radius 1 is 1.08 bits per heavy atom. The Balaban J connectivity index is 1.62. The number of carbonyl (C=O) groups excluding carboxylic acids is 1. The molecule has 0 spiro atoms. The highest BCUT2D eigenvalue weighted by Crippen LogP contribution is 2.28. The lowest BCUT2D eigenvalue weighted by molar-refractivity contribution is 0.102. The second-order valence-corrected chi connectivity index (χ2v) is 6.84. The second kappa shape index (κ2) is 6.14. The monoisotopic (exact) mass is 348 g/mol. The highest BCUT2D eigenvalue weighted by Gasteiger charge is 2.15. The fourth-order valence-electron chi connectivity index (χ4n) is 2.72. The molecule has 2 aromatic heterocycles. The van der Waals surface area contributed by atoms with Crippen molar-refractivity contribution in [2.24, 2.45) is 0 Å². The van der Waals surface area contributed by atoms with Gasteiger partial charge in [-0.15, -0.1) is 0 Å². The van der Waals surface area contributed by atoms with Crippen molar-refractivity contribution in [2.75, 3.05) is 5.32 Å². The van der Waals surface area contributed by atoms with E-state index in [-0.39, 0.29) is 5.91 Å². The van der Waals surface area contributed by atoms with Crippen molar-refractivity contribution in [1.29, 1.82) is 0 Å². The predicted molar refractivity (Wildman–Crippen MR) is 101 cm³/mol. The van der Waals surface area contributed by atoms with E-state index in [1.165, 1.54) is 11.3 Å². The number of nitrogens with zero attached hydrogens (tertiary/aromatic N) is 3. The normalized spacial score (nSPS) is 11.0. The molecule has 4 aromatic rings. The number of carbonyl (C=O) groups is 1. The van der Waals surface area contributed by atoms with E-state index in [9.17, 15) is 4.79 Å². The maximum Gasteiger partial charge on any atom is 0.277 e. The van der Waals surface area contributed by atoms with Gasteiger partial charge in [-0.05, 0) is 43.7 Å². The van der Waals surface area contributed by atoms with Gasteiger partial charge in [0.2, 0.25) is 0 Å². The zero-order valence-corrected chi connectivity index (χ0v) is 14.7. The van der Waals surface area contributed by atoms with Gasteiger partial charge in [-0.1, -0.05) is 41.7 Å². The molecule has 0 aliphatic carbocycles. The Kier molecular flexibility index (Phi) is 3.82. The number of benzene rings is 2. The maximum absolute atomic E-state index is 12.6. The van der Waals surface area contributed by atoms with Crippen LogP contribution in [-0.4, -0.2) is 20.7 Å². The third-order valence-electron chi connectivity index (χ3n) is 3.96. The number of thiazole rings is 1. The third kappa shape index (κ3) is 2.92. The number of hydrogen-bond donors (Lipinski definition) is 1. The Bertz CT molecular complexity index is 1070. The van der Waals surface area contributed by atoms with E-state index >= 15 is 0 Å². The average Bonchev–Trinajstić information content (AvgIpc) is 3.20. The van der Waals surface area contributed by atoms with Crippen LogP contribution in [0.2, 0.25) is 0 Å². The van der Waals surface area contributed by atoms with Crippen molar-refractivity contribution in [2.45, 2.75) is 13.8 Å². The molecule has 1 N–H and O–H groups in total. The molecule has 0 aliphatic heterocycles. The van der Waals surface area contributed by atoms with Gasteiger partial charge >= 0.3 is 0 Å². The lowest BCUT2D eigenvalue weighted by atomic mass is 10.2. The van der Waals surface area contributed by atoms with E-state index in [2.05, 4.69) is 15.4 Å². The summed E-state index contributed by atoms with van der Waals surface area (Å²) in [6.07, 6.45) is 0. The number of anilines is 1. The molecular weight excluding hydrogens is 332 g/mol. The summed E-state index contributed by atoms with van der Waals surface area (Å²) in [6, 6.07) is 17.5. The van der Waals surface area contributed by atoms with Gasteiger partial charge in [0.1, 0.15) is 0 Å². The van der Waals surface area contributed by atoms with Crippen LogP contribution in [0.15, 0.2) is 54.6 Å². The molecule has 25 heavy (non-hydrogen) atoms. The van der Waals surface area contributed by atoms with Gasteiger partial charge in [-0.2, -0.15) is 5.10 Å². The fourth-order valence-corrected chi connectivity index (χ4v) is 3.66. The van der Waals surface area contributed by atoms with Crippen molar-refractivity contribution in [1.82, 2.24) is 14.8 Å². The van der Waals surface area contributed by atoms with Crippen LogP contribution in [0.25, 0.3) is 15.9 Å². The van der Waals surface area contributed by atoms with Gasteiger partial charge in [0, 0.05) is 5.69 Å². The van der Waals surface area contributed by atoms with Gasteiger partial charge in [0.25, 0.3) is 5.91 Å². The minimum atomic E-state index is -0.255. The molecule has 0 fully saturated rings. The first-order valence-corrected chi connectivity index (χ1v) is 8.73. The Morgan fingerprint density at radius 2 is 1.88 bits per heavy atom. The van der Waals surface area contributed by atoms with E-state index in [0.717, 1.165) is 27.2 Å². The zero-order valence-electron chi connectivity index (χ0n) is 13.9.